The lowest BCUT2D eigenvalue weighted by Gasteiger charge is -2.28. The molecule has 1 N–H and O–H groups in total. The molecule has 34 heavy (non-hydrogen) atoms. The molecule has 2 aromatic carbocycles. The zero-order valence-electron chi connectivity index (χ0n) is 20.5. The number of fused-ring (bicyclic) bond motifs is 1. The summed E-state index contributed by atoms with van der Waals surface area (Å²) < 4.78 is 5.89. The number of hydrogen-bond donors (Lipinski definition) is 1. The third-order valence-electron chi connectivity index (χ3n) is 5.74. The predicted octanol–water partition coefficient (Wildman–Crippen LogP) is 7.17. The summed E-state index contributed by atoms with van der Waals surface area (Å²) in [6.45, 7) is 12.6. The topological polar surface area (TPSA) is 59.2 Å². The number of rotatable bonds is 2. The fourth-order valence-electron chi connectivity index (χ4n) is 3.94. The van der Waals surface area contributed by atoms with Gasteiger partial charge in [-0.05, 0) is 63.6 Å². The Balaban J connectivity index is 1.80. The quantitative estimate of drug-likeness (QED) is 0.314. The molecule has 0 fully saturated rings. The third kappa shape index (κ3) is 4.95. The molecule has 2 heterocycles. The highest BCUT2D eigenvalue weighted by Crippen LogP contribution is 2.40. The molecule has 0 spiro atoms. The van der Waals surface area contributed by atoms with Crippen LogP contribution < -0.4 is 0 Å². The summed E-state index contributed by atoms with van der Waals surface area (Å²) in [7, 11) is 0. The zero-order valence-corrected chi connectivity index (χ0v) is 21.2. The van der Waals surface area contributed by atoms with Crippen LogP contribution in [0.2, 0.25) is 5.02 Å². The molecule has 0 radical (unpaired) electrons. The summed E-state index contributed by atoms with van der Waals surface area (Å²) in [4.78, 5) is 8.86. The molecule has 0 aliphatic carbocycles. The Hall–Kier alpha value is -3.29. The third-order valence-corrected chi connectivity index (χ3v) is 6.09. The van der Waals surface area contributed by atoms with Gasteiger partial charge in [0.1, 0.15) is 17.0 Å². The average molecular weight is 473 g/mol. The van der Waals surface area contributed by atoms with Crippen LogP contribution >= 0.6 is 11.6 Å². The van der Waals surface area contributed by atoms with E-state index in [2.05, 4.69) is 75.5 Å². The maximum absolute atomic E-state index is 11.1. The van der Waals surface area contributed by atoms with Gasteiger partial charge in [0.15, 0.2) is 5.58 Å². The van der Waals surface area contributed by atoms with E-state index in [1.54, 1.807) is 6.20 Å². The van der Waals surface area contributed by atoms with Crippen LogP contribution in [0, 0.1) is 11.8 Å². The Morgan fingerprint density at radius 1 is 0.941 bits per heavy atom. The first kappa shape index (κ1) is 23.9. The minimum atomic E-state index is -0.210. The molecule has 0 aliphatic heterocycles. The average Bonchev–Trinajstić information content (AvgIpc) is 3.18. The van der Waals surface area contributed by atoms with Gasteiger partial charge in [-0.1, -0.05) is 71.3 Å². The van der Waals surface area contributed by atoms with Gasteiger partial charge in [-0.15, -0.1) is 0 Å². The van der Waals surface area contributed by atoms with Gasteiger partial charge < -0.3 is 9.52 Å². The van der Waals surface area contributed by atoms with Gasteiger partial charge in [-0.25, -0.2) is 9.97 Å². The molecule has 4 rings (SSSR count). The highest BCUT2D eigenvalue weighted by molar-refractivity contribution is 6.32. The molecule has 4 aromatic rings. The number of pyridine rings is 1. The van der Waals surface area contributed by atoms with Crippen LogP contribution in [0.15, 0.2) is 53.1 Å². The number of aromatic hydroxyl groups is 1. The lowest BCUT2D eigenvalue weighted by atomic mass is 9.78. The van der Waals surface area contributed by atoms with Crippen molar-refractivity contribution < 1.29 is 9.52 Å². The number of phenols is 1. The fraction of sp³-hybridized carbons (Fsp3) is 0.310. The molecular weight excluding hydrogens is 444 g/mol. The highest BCUT2D eigenvalue weighted by atomic mass is 35.5. The smallest absolute Gasteiger partial charge is 0.274 e. The van der Waals surface area contributed by atoms with Gasteiger partial charge in [-0.2, -0.15) is 0 Å². The lowest BCUT2D eigenvalue weighted by Crippen LogP contribution is -2.18. The molecule has 0 unspecified atom stereocenters. The van der Waals surface area contributed by atoms with Gasteiger partial charge in [-0.3, -0.25) is 0 Å². The number of oxazole rings is 1. The minimum absolute atomic E-state index is 0.210. The van der Waals surface area contributed by atoms with Crippen molar-refractivity contribution in [3.8, 4) is 17.6 Å². The van der Waals surface area contributed by atoms with Crippen molar-refractivity contribution in [2.75, 3.05) is 0 Å². The van der Waals surface area contributed by atoms with E-state index in [9.17, 15) is 5.11 Å². The summed E-state index contributed by atoms with van der Waals surface area (Å²) in [6, 6.07) is 13.4. The molecule has 0 atom stereocenters. The first-order chi connectivity index (χ1) is 15.9. The van der Waals surface area contributed by atoms with E-state index in [1.165, 1.54) is 0 Å². The molecule has 0 aliphatic rings. The summed E-state index contributed by atoms with van der Waals surface area (Å²) in [6.07, 6.45) is 2.26. The Bertz CT molecular complexity index is 1380. The molecule has 174 valence electrons. The van der Waals surface area contributed by atoms with E-state index >= 15 is 0 Å². The zero-order chi connectivity index (χ0) is 24.7. The van der Waals surface area contributed by atoms with E-state index in [0.29, 0.717) is 39.9 Å². The van der Waals surface area contributed by atoms with Crippen molar-refractivity contribution in [2.24, 2.45) is 0 Å². The maximum Gasteiger partial charge on any atom is 0.274 e. The molecule has 0 saturated carbocycles. The van der Waals surface area contributed by atoms with Gasteiger partial charge in [0.2, 0.25) is 0 Å². The summed E-state index contributed by atoms with van der Waals surface area (Å²) in [5.41, 5.74) is 5.33. The van der Waals surface area contributed by atoms with Crippen molar-refractivity contribution in [1.82, 2.24) is 9.97 Å². The van der Waals surface area contributed by atoms with Crippen molar-refractivity contribution in [2.45, 2.75) is 58.8 Å². The monoisotopic (exact) mass is 472 g/mol. The Kier molecular flexibility index (Phi) is 6.18. The van der Waals surface area contributed by atoms with E-state index in [-0.39, 0.29) is 10.8 Å². The van der Waals surface area contributed by atoms with Crippen molar-refractivity contribution in [3.05, 3.63) is 87.5 Å². The standard InChI is InChI=1S/C29H29ClN2O2/c1-28(2,3)21-16-18(17-22(27(21)33)29(4,5)6)15-20-23(30)11-12-24-26(20)32-25(34-24)13-10-19-9-7-8-14-31-19/h7-9,11-12,14,16-17,33H,15H2,1-6H3. The fourth-order valence-corrected chi connectivity index (χ4v) is 4.16. The summed E-state index contributed by atoms with van der Waals surface area (Å²) in [5.74, 6) is 6.62. The second-order valence-corrected chi connectivity index (χ2v) is 11.0. The first-order valence-corrected chi connectivity index (χ1v) is 11.7. The second-order valence-electron chi connectivity index (χ2n) is 10.6. The maximum atomic E-state index is 11.1. The predicted molar refractivity (Wildman–Crippen MR) is 138 cm³/mol. The normalized spacial score (nSPS) is 12.0. The summed E-state index contributed by atoms with van der Waals surface area (Å²) >= 11 is 6.65. The van der Waals surface area contributed by atoms with E-state index in [1.807, 2.05) is 30.3 Å². The van der Waals surface area contributed by atoms with Crippen LogP contribution in [0.4, 0.5) is 0 Å². The molecule has 0 bridgehead atoms. The van der Waals surface area contributed by atoms with Crippen molar-refractivity contribution in [3.63, 3.8) is 0 Å². The van der Waals surface area contributed by atoms with E-state index < -0.39 is 0 Å². The Morgan fingerprint density at radius 2 is 1.62 bits per heavy atom. The van der Waals surface area contributed by atoms with Gasteiger partial charge in [0.25, 0.3) is 5.89 Å². The van der Waals surface area contributed by atoms with Gasteiger partial charge >= 0.3 is 0 Å². The van der Waals surface area contributed by atoms with Crippen LogP contribution in [0.25, 0.3) is 11.1 Å². The number of benzene rings is 2. The van der Waals surface area contributed by atoms with Gasteiger partial charge in [0, 0.05) is 23.2 Å². The SMILES string of the molecule is CC(C)(C)c1cc(Cc2c(Cl)ccc3oc(C#Cc4ccccn4)nc23)cc(C(C)(C)C)c1O. The van der Waals surface area contributed by atoms with Crippen molar-refractivity contribution >= 4 is 22.7 Å². The molecule has 4 nitrogen and oxygen atoms in total. The molecule has 0 amide bonds. The Labute approximate surface area is 206 Å². The number of halogens is 1. The number of nitrogens with zero attached hydrogens (tertiary/aromatic N) is 2. The van der Waals surface area contributed by atoms with Crippen LogP contribution in [0.3, 0.4) is 0 Å². The largest absolute Gasteiger partial charge is 0.507 e. The lowest BCUT2D eigenvalue weighted by molar-refractivity contribution is 0.423. The van der Waals surface area contributed by atoms with E-state index in [0.717, 1.165) is 22.3 Å². The first-order valence-electron chi connectivity index (χ1n) is 11.3. The number of phenolic OH excluding ortho intramolecular Hbond substituents is 1. The van der Waals surface area contributed by atoms with Crippen LogP contribution in [-0.2, 0) is 17.3 Å². The van der Waals surface area contributed by atoms with Crippen LogP contribution in [-0.4, -0.2) is 15.1 Å². The number of hydrogen-bond acceptors (Lipinski definition) is 4. The van der Waals surface area contributed by atoms with Crippen LogP contribution in [0.1, 0.15) is 75.4 Å². The molecular formula is C29H29ClN2O2. The Morgan fingerprint density at radius 3 is 2.21 bits per heavy atom. The van der Waals surface area contributed by atoms with Gasteiger partial charge in [0.05, 0.1) is 0 Å². The van der Waals surface area contributed by atoms with Crippen molar-refractivity contribution in [1.29, 1.82) is 0 Å². The summed E-state index contributed by atoms with van der Waals surface area (Å²) in [5, 5.41) is 11.7. The van der Waals surface area contributed by atoms with E-state index in [4.69, 9.17) is 16.0 Å². The van der Waals surface area contributed by atoms with Crippen LogP contribution in [0.5, 0.6) is 5.75 Å². The molecule has 2 aromatic heterocycles. The minimum Gasteiger partial charge on any atom is -0.507 e. The second kappa shape index (κ2) is 8.81. The molecule has 0 saturated heterocycles. The molecule has 5 heteroatoms. The highest BCUT2D eigenvalue weighted by Gasteiger charge is 2.27. The number of aromatic nitrogens is 2.